The fourth-order valence-corrected chi connectivity index (χ4v) is 1.20. The van der Waals surface area contributed by atoms with Gasteiger partial charge in [-0.1, -0.05) is 6.07 Å². The van der Waals surface area contributed by atoms with Gasteiger partial charge in [-0.3, -0.25) is 0 Å². The molecule has 1 unspecified atom stereocenters. The van der Waals surface area contributed by atoms with Crippen molar-refractivity contribution in [2.75, 3.05) is 18.5 Å². The molecular weight excluding hydrogens is 220 g/mol. The molecule has 0 radical (unpaired) electrons. The van der Waals surface area contributed by atoms with Crippen LogP contribution in [0.15, 0.2) is 12.1 Å². The zero-order chi connectivity index (χ0) is 12.1. The second kappa shape index (κ2) is 5.74. The minimum absolute atomic E-state index is 0.135. The molecule has 0 saturated carbocycles. The number of nitrogens with one attached hydrogen (secondary N) is 1. The standard InChI is InChI=1S/C10H13F2NO3/c11-8-2-1-6(4-14)10(9(8)12)13-3-7(16)5-15/h1-2,7,13-16H,3-5H2. The summed E-state index contributed by atoms with van der Waals surface area (Å²) < 4.78 is 26.2. The number of aliphatic hydroxyl groups excluding tert-OH is 3. The van der Waals surface area contributed by atoms with E-state index in [2.05, 4.69) is 5.32 Å². The predicted octanol–water partition coefficient (Wildman–Crippen LogP) is 0.222. The maximum Gasteiger partial charge on any atom is 0.182 e. The molecule has 0 aliphatic rings. The molecule has 90 valence electrons. The Labute approximate surface area is 91.2 Å². The molecular formula is C10H13F2NO3. The summed E-state index contributed by atoms with van der Waals surface area (Å²) in [6.45, 7) is -1.07. The summed E-state index contributed by atoms with van der Waals surface area (Å²) in [5, 5.41) is 29.0. The maximum absolute atomic E-state index is 13.3. The SMILES string of the molecule is OCc1ccc(F)c(F)c1NCC(O)CO. The first-order valence-corrected chi connectivity index (χ1v) is 4.70. The van der Waals surface area contributed by atoms with Crippen molar-refractivity contribution in [1.29, 1.82) is 0 Å². The highest BCUT2D eigenvalue weighted by molar-refractivity contribution is 5.52. The summed E-state index contributed by atoms with van der Waals surface area (Å²) >= 11 is 0. The molecule has 0 amide bonds. The van der Waals surface area contributed by atoms with Crippen molar-refractivity contribution in [2.45, 2.75) is 12.7 Å². The quantitative estimate of drug-likeness (QED) is 0.587. The Hall–Kier alpha value is -1.24. The van der Waals surface area contributed by atoms with E-state index < -0.39 is 31.0 Å². The molecule has 0 fully saturated rings. The lowest BCUT2D eigenvalue weighted by Crippen LogP contribution is -2.24. The minimum atomic E-state index is -1.11. The molecule has 4 N–H and O–H groups in total. The third kappa shape index (κ3) is 2.88. The topological polar surface area (TPSA) is 72.7 Å². The molecule has 0 heterocycles. The smallest absolute Gasteiger partial charge is 0.182 e. The van der Waals surface area contributed by atoms with Crippen LogP contribution in [0.25, 0.3) is 0 Å². The van der Waals surface area contributed by atoms with Gasteiger partial charge < -0.3 is 20.6 Å². The molecule has 6 heteroatoms. The van der Waals surface area contributed by atoms with Crippen LogP contribution in [-0.4, -0.2) is 34.6 Å². The first kappa shape index (κ1) is 12.8. The van der Waals surface area contributed by atoms with Crippen LogP contribution in [-0.2, 0) is 6.61 Å². The van der Waals surface area contributed by atoms with Crippen LogP contribution in [0.2, 0.25) is 0 Å². The molecule has 0 aliphatic heterocycles. The maximum atomic E-state index is 13.3. The van der Waals surface area contributed by atoms with Gasteiger partial charge in [0.1, 0.15) is 0 Å². The number of aliphatic hydroxyl groups is 3. The van der Waals surface area contributed by atoms with Gasteiger partial charge in [0, 0.05) is 12.1 Å². The van der Waals surface area contributed by atoms with Gasteiger partial charge in [0.05, 0.1) is 25.0 Å². The van der Waals surface area contributed by atoms with Gasteiger partial charge in [0.15, 0.2) is 11.6 Å². The highest BCUT2D eigenvalue weighted by Gasteiger charge is 2.13. The first-order valence-electron chi connectivity index (χ1n) is 4.70. The Balaban J connectivity index is 2.88. The Morgan fingerprint density at radius 3 is 2.50 bits per heavy atom. The van der Waals surface area contributed by atoms with E-state index in [1.807, 2.05) is 0 Å². The lowest BCUT2D eigenvalue weighted by molar-refractivity contribution is 0.105. The van der Waals surface area contributed by atoms with E-state index >= 15 is 0 Å². The van der Waals surface area contributed by atoms with Crippen molar-refractivity contribution in [3.05, 3.63) is 29.3 Å². The van der Waals surface area contributed by atoms with Crippen LogP contribution in [0.1, 0.15) is 5.56 Å². The summed E-state index contributed by atoms with van der Waals surface area (Å²) in [4.78, 5) is 0. The second-order valence-corrected chi connectivity index (χ2v) is 3.27. The van der Waals surface area contributed by atoms with Gasteiger partial charge in [-0.25, -0.2) is 8.78 Å². The summed E-state index contributed by atoms with van der Waals surface area (Å²) in [6, 6.07) is 2.15. The Kier molecular flexibility index (Phi) is 4.60. The van der Waals surface area contributed by atoms with Crippen molar-refractivity contribution in [1.82, 2.24) is 0 Å². The van der Waals surface area contributed by atoms with E-state index in [1.54, 1.807) is 0 Å². The van der Waals surface area contributed by atoms with Gasteiger partial charge in [-0.05, 0) is 6.07 Å². The zero-order valence-corrected chi connectivity index (χ0v) is 8.45. The highest BCUT2D eigenvalue weighted by Crippen LogP contribution is 2.22. The molecule has 0 spiro atoms. The molecule has 1 atom stereocenters. The van der Waals surface area contributed by atoms with Crippen molar-refractivity contribution in [3.8, 4) is 0 Å². The van der Waals surface area contributed by atoms with E-state index in [9.17, 15) is 8.78 Å². The van der Waals surface area contributed by atoms with Gasteiger partial charge in [-0.15, -0.1) is 0 Å². The Bertz CT molecular complexity index is 360. The van der Waals surface area contributed by atoms with E-state index in [1.165, 1.54) is 6.07 Å². The number of rotatable bonds is 5. The summed E-state index contributed by atoms with van der Waals surface area (Å²) in [7, 11) is 0. The van der Waals surface area contributed by atoms with Crippen LogP contribution in [0.4, 0.5) is 14.5 Å². The Morgan fingerprint density at radius 2 is 1.94 bits per heavy atom. The molecule has 0 aliphatic carbocycles. The average Bonchev–Trinajstić information content (AvgIpc) is 2.30. The first-order chi connectivity index (χ1) is 7.60. The van der Waals surface area contributed by atoms with Crippen molar-refractivity contribution >= 4 is 5.69 Å². The largest absolute Gasteiger partial charge is 0.394 e. The van der Waals surface area contributed by atoms with Crippen LogP contribution in [0, 0.1) is 11.6 Å². The van der Waals surface area contributed by atoms with E-state index in [4.69, 9.17) is 15.3 Å². The zero-order valence-electron chi connectivity index (χ0n) is 8.45. The monoisotopic (exact) mass is 233 g/mol. The molecule has 1 aromatic rings. The lowest BCUT2D eigenvalue weighted by Gasteiger charge is -2.14. The van der Waals surface area contributed by atoms with Gasteiger partial charge in [0.2, 0.25) is 0 Å². The number of anilines is 1. The average molecular weight is 233 g/mol. The number of hydrogen-bond acceptors (Lipinski definition) is 4. The minimum Gasteiger partial charge on any atom is -0.394 e. The third-order valence-electron chi connectivity index (χ3n) is 2.08. The van der Waals surface area contributed by atoms with Crippen LogP contribution in [0.5, 0.6) is 0 Å². The van der Waals surface area contributed by atoms with Gasteiger partial charge in [0.25, 0.3) is 0 Å². The molecule has 1 rings (SSSR count). The summed E-state index contributed by atoms with van der Waals surface area (Å²) in [5.74, 6) is -2.16. The fraction of sp³-hybridized carbons (Fsp3) is 0.400. The van der Waals surface area contributed by atoms with Crippen molar-refractivity contribution < 1.29 is 24.1 Å². The molecule has 1 aromatic carbocycles. The van der Waals surface area contributed by atoms with E-state index in [-0.39, 0.29) is 17.8 Å². The van der Waals surface area contributed by atoms with Gasteiger partial charge in [-0.2, -0.15) is 0 Å². The normalized spacial score (nSPS) is 12.6. The number of hydrogen-bond donors (Lipinski definition) is 4. The number of benzene rings is 1. The lowest BCUT2D eigenvalue weighted by atomic mass is 10.1. The van der Waals surface area contributed by atoms with Crippen molar-refractivity contribution in [2.24, 2.45) is 0 Å². The van der Waals surface area contributed by atoms with E-state index in [0.29, 0.717) is 0 Å². The van der Waals surface area contributed by atoms with Crippen LogP contribution < -0.4 is 5.32 Å². The molecule has 4 nitrogen and oxygen atoms in total. The molecule has 0 saturated heterocycles. The van der Waals surface area contributed by atoms with Gasteiger partial charge >= 0.3 is 0 Å². The molecule has 0 aromatic heterocycles. The second-order valence-electron chi connectivity index (χ2n) is 3.27. The Morgan fingerprint density at radius 1 is 1.25 bits per heavy atom. The summed E-state index contributed by atoms with van der Waals surface area (Å²) in [6.07, 6.45) is -1.07. The molecule has 16 heavy (non-hydrogen) atoms. The highest BCUT2D eigenvalue weighted by atomic mass is 19.2. The van der Waals surface area contributed by atoms with Crippen molar-refractivity contribution in [3.63, 3.8) is 0 Å². The predicted molar refractivity (Wildman–Crippen MR) is 53.9 cm³/mol. The van der Waals surface area contributed by atoms with Crippen LogP contribution in [0.3, 0.4) is 0 Å². The third-order valence-corrected chi connectivity index (χ3v) is 2.08. The van der Waals surface area contributed by atoms with E-state index in [0.717, 1.165) is 6.07 Å². The summed E-state index contributed by atoms with van der Waals surface area (Å²) in [5.41, 5.74) is -0.0148. The van der Waals surface area contributed by atoms with Crippen LogP contribution >= 0.6 is 0 Å². The fourth-order valence-electron chi connectivity index (χ4n) is 1.20. The number of halogens is 2. The molecule has 0 bridgehead atoms.